The minimum atomic E-state index is 0. The van der Waals surface area contributed by atoms with Crippen LogP contribution >= 0.6 is 24.0 Å². The van der Waals surface area contributed by atoms with Gasteiger partial charge in [-0.2, -0.15) is 0 Å². The Bertz CT molecular complexity index is 844. The van der Waals surface area contributed by atoms with Crippen molar-refractivity contribution in [2.45, 2.75) is 26.8 Å². The molecule has 0 aliphatic heterocycles. The predicted molar refractivity (Wildman–Crippen MR) is 116 cm³/mol. The fourth-order valence-corrected chi connectivity index (χ4v) is 2.63. The number of guanidine groups is 1. The molecule has 0 bridgehead atoms. The largest absolute Gasteiger partial charge is 0.357 e. The lowest BCUT2D eigenvalue weighted by Crippen LogP contribution is -2.38. The highest BCUT2D eigenvalue weighted by Gasteiger charge is 2.04. The highest BCUT2D eigenvalue weighted by molar-refractivity contribution is 14.0. The van der Waals surface area contributed by atoms with Crippen molar-refractivity contribution in [1.29, 1.82) is 0 Å². The summed E-state index contributed by atoms with van der Waals surface area (Å²) in [6.07, 6.45) is 4.73. The molecule has 0 radical (unpaired) electrons. The molecular formula is C19H25IN6. The number of halogens is 1. The van der Waals surface area contributed by atoms with E-state index >= 15 is 0 Å². The van der Waals surface area contributed by atoms with E-state index in [1.807, 2.05) is 42.7 Å². The molecule has 0 amide bonds. The van der Waals surface area contributed by atoms with Gasteiger partial charge in [-0.05, 0) is 38.1 Å². The third-order valence-corrected chi connectivity index (χ3v) is 3.89. The van der Waals surface area contributed by atoms with E-state index in [2.05, 4.69) is 49.9 Å². The normalized spacial score (nSPS) is 11.2. The van der Waals surface area contributed by atoms with Crippen LogP contribution < -0.4 is 10.6 Å². The lowest BCUT2D eigenvalue weighted by atomic mass is 10.3. The molecule has 0 saturated carbocycles. The van der Waals surface area contributed by atoms with Crippen molar-refractivity contribution in [1.82, 2.24) is 25.0 Å². The van der Waals surface area contributed by atoms with E-state index in [9.17, 15) is 0 Å². The van der Waals surface area contributed by atoms with E-state index < -0.39 is 0 Å². The zero-order valence-electron chi connectivity index (χ0n) is 15.1. The number of aromatic nitrogens is 3. The maximum absolute atomic E-state index is 4.64. The summed E-state index contributed by atoms with van der Waals surface area (Å²) in [4.78, 5) is 13.6. The van der Waals surface area contributed by atoms with Gasteiger partial charge in [-0.1, -0.05) is 12.1 Å². The van der Waals surface area contributed by atoms with Crippen LogP contribution in [0.15, 0.2) is 53.8 Å². The Balaban J connectivity index is 0.00000243. The van der Waals surface area contributed by atoms with Crippen molar-refractivity contribution in [2.24, 2.45) is 4.99 Å². The Hall–Kier alpha value is -2.16. The first-order chi connectivity index (χ1) is 12.3. The second-order valence-corrected chi connectivity index (χ2v) is 5.82. The summed E-state index contributed by atoms with van der Waals surface area (Å²) >= 11 is 0. The molecule has 3 heterocycles. The third kappa shape index (κ3) is 5.42. The van der Waals surface area contributed by atoms with Crippen molar-refractivity contribution in [2.75, 3.05) is 13.1 Å². The topological polar surface area (TPSA) is 66.6 Å². The summed E-state index contributed by atoms with van der Waals surface area (Å²) < 4.78 is 2.09. The van der Waals surface area contributed by atoms with Gasteiger partial charge >= 0.3 is 0 Å². The predicted octanol–water partition coefficient (Wildman–Crippen LogP) is 2.95. The summed E-state index contributed by atoms with van der Waals surface area (Å²) in [7, 11) is 0. The molecule has 0 aliphatic rings. The van der Waals surface area contributed by atoms with Crippen LogP contribution in [0.4, 0.5) is 0 Å². The number of fused-ring (bicyclic) bond motifs is 1. The summed E-state index contributed by atoms with van der Waals surface area (Å²) in [5.41, 5.74) is 4.15. The van der Waals surface area contributed by atoms with Crippen LogP contribution in [-0.2, 0) is 13.0 Å². The molecule has 26 heavy (non-hydrogen) atoms. The smallest absolute Gasteiger partial charge is 0.191 e. The van der Waals surface area contributed by atoms with E-state index in [0.29, 0.717) is 6.54 Å². The molecule has 2 N–H and O–H groups in total. The lowest BCUT2D eigenvalue weighted by molar-refractivity contribution is 0.786. The average molecular weight is 464 g/mol. The Morgan fingerprint density at radius 1 is 1.12 bits per heavy atom. The number of hydrogen-bond acceptors (Lipinski definition) is 3. The summed E-state index contributed by atoms with van der Waals surface area (Å²) in [5.74, 6) is 0.798. The standard InChI is InChI=1S/C19H24N6.HI/c1-3-20-19(22-12-10-16-8-4-5-11-21-16)23-13-17-14-25-15(2)7-6-9-18(25)24-17;/h4-9,11,14H,3,10,12-13H2,1-2H3,(H2,20,22,23);1H. The van der Waals surface area contributed by atoms with Gasteiger partial charge in [0, 0.05) is 43.3 Å². The fraction of sp³-hybridized carbons (Fsp3) is 0.316. The molecule has 3 aromatic rings. The number of imidazole rings is 1. The number of nitrogens with one attached hydrogen (secondary N) is 2. The van der Waals surface area contributed by atoms with Crippen LogP contribution in [0.2, 0.25) is 0 Å². The highest BCUT2D eigenvalue weighted by Crippen LogP contribution is 2.09. The number of aryl methyl sites for hydroxylation is 1. The van der Waals surface area contributed by atoms with Gasteiger partial charge in [0.2, 0.25) is 0 Å². The van der Waals surface area contributed by atoms with Gasteiger partial charge in [-0.25, -0.2) is 9.98 Å². The second-order valence-electron chi connectivity index (χ2n) is 5.82. The van der Waals surface area contributed by atoms with E-state index in [4.69, 9.17) is 0 Å². The molecule has 0 aromatic carbocycles. The van der Waals surface area contributed by atoms with E-state index in [0.717, 1.165) is 42.5 Å². The monoisotopic (exact) mass is 464 g/mol. The molecule has 0 spiro atoms. The van der Waals surface area contributed by atoms with E-state index in [1.165, 1.54) is 5.69 Å². The Morgan fingerprint density at radius 3 is 2.73 bits per heavy atom. The van der Waals surface area contributed by atoms with Crippen LogP contribution in [-0.4, -0.2) is 33.4 Å². The summed E-state index contributed by atoms with van der Waals surface area (Å²) in [5, 5.41) is 6.62. The molecule has 7 heteroatoms. The molecule has 3 rings (SSSR count). The zero-order chi connectivity index (χ0) is 17.5. The molecular weight excluding hydrogens is 439 g/mol. The fourth-order valence-electron chi connectivity index (χ4n) is 2.63. The van der Waals surface area contributed by atoms with Gasteiger partial charge in [-0.3, -0.25) is 4.98 Å². The number of nitrogens with zero attached hydrogens (tertiary/aromatic N) is 4. The molecule has 0 atom stereocenters. The summed E-state index contributed by atoms with van der Waals surface area (Å²) in [6, 6.07) is 12.1. The highest BCUT2D eigenvalue weighted by atomic mass is 127. The first-order valence-electron chi connectivity index (χ1n) is 8.62. The number of pyridine rings is 2. The van der Waals surface area contributed by atoms with Crippen LogP contribution in [0.3, 0.4) is 0 Å². The Kier molecular flexibility index (Phi) is 7.83. The van der Waals surface area contributed by atoms with Gasteiger partial charge in [0.1, 0.15) is 5.65 Å². The maximum atomic E-state index is 4.64. The molecule has 0 aliphatic carbocycles. The van der Waals surface area contributed by atoms with Crippen LogP contribution in [0.5, 0.6) is 0 Å². The van der Waals surface area contributed by atoms with Gasteiger partial charge in [0.05, 0.1) is 12.2 Å². The van der Waals surface area contributed by atoms with Gasteiger partial charge in [-0.15, -0.1) is 24.0 Å². The Morgan fingerprint density at radius 2 is 2.00 bits per heavy atom. The van der Waals surface area contributed by atoms with Crippen molar-refractivity contribution in [3.63, 3.8) is 0 Å². The van der Waals surface area contributed by atoms with Crippen LogP contribution in [0.25, 0.3) is 5.65 Å². The number of hydrogen-bond donors (Lipinski definition) is 2. The molecule has 138 valence electrons. The molecule has 0 unspecified atom stereocenters. The minimum absolute atomic E-state index is 0. The Labute approximate surface area is 171 Å². The van der Waals surface area contributed by atoms with Crippen molar-refractivity contribution >= 4 is 35.6 Å². The number of aliphatic imine (C=N–C) groups is 1. The SMILES string of the molecule is CCNC(=NCc1cn2c(C)cccc2n1)NCCc1ccccn1.I. The zero-order valence-corrected chi connectivity index (χ0v) is 17.5. The second kappa shape index (κ2) is 10.1. The van der Waals surface area contributed by atoms with Crippen molar-refractivity contribution < 1.29 is 0 Å². The first-order valence-corrected chi connectivity index (χ1v) is 8.62. The van der Waals surface area contributed by atoms with Gasteiger partial charge in [0.15, 0.2) is 5.96 Å². The van der Waals surface area contributed by atoms with Gasteiger partial charge < -0.3 is 15.0 Å². The minimum Gasteiger partial charge on any atom is -0.357 e. The molecule has 3 aromatic heterocycles. The average Bonchev–Trinajstić information content (AvgIpc) is 3.05. The molecule has 0 fully saturated rings. The van der Waals surface area contributed by atoms with Crippen LogP contribution in [0.1, 0.15) is 24.0 Å². The quantitative estimate of drug-likeness (QED) is 0.335. The van der Waals surface area contributed by atoms with Crippen LogP contribution in [0, 0.1) is 6.92 Å². The van der Waals surface area contributed by atoms with Crippen molar-refractivity contribution in [3.05, 3.63) is 65.9 Å². The molecule has 0 saturated heterocycles. The lowest BCUT2D eigenvalue weighted by Gasteiger charge is -2.10. The van der Waals surface area contributed by atoms with E-state index in [-0.39, 0.29) is 24.0 Å². The van der Waals surface area contributed by atoms with Crippen molar-refractivity contribution in [3.8, 4) is 0 Å². The maximum Gasteiger partial charge on any atom is 0.191 e. The van der Waals surface area contributed by atoms with Gasteiger partial charge in [0.25, 0.3) is 0 Å². The first kappa shape index (κ1) is 20.2. The third-order valence-electron chi connectivity index (χ3n) is 3.89. The summed E-state index contributed by atoms with van der Waals surface area (Å²) in [6.45, 7) is 6.28. The number of rotatable bonds is 6. The molecule has 6 nitrogen and oxygen atoms in total. The van der Waals surface area contributed by atoms with E-state index in [1.54, 1.807) is 0 Å².